The Morgan fingerprint density at radius 3 is 2.63 bits per heavy atom. The van der Waals surface area contributed by atoms with Gasteiger partial charge in [-0.15, -0.1) is 11.3 Å². The highest BCUT2D eigenvalue weighted by Gasteiger charge is 2.50. The Bertz CT molecular complexity index is 901. The fourth-order valence-corrected chi connectivity index (χ4v) is 6.40. The molecule has 1 aromatic carbocycles. The van der Waals surface area contributed by atoms with Gasteiger partial charge in [0.2, 0.25) is 0 Å². The van der Waals surface area contributed by atoms with Gasteiger partial charge in [-0.3, -0.25) is 9.69 Å². The highest BCUT2D eigenvalue weighted by molar-refractivity contribution is 7.18. The zero-order chi connectivity index (χ0) is 20.6. The first-order chi connectivity index (χ1) is 14.6. The molecule has 30 heavy (non-hydrogen) atoms. The van der Waals surface area contributed by atoms with Crippen molar-refractivity contribution >= 4 is 33.5 Å². The first-order valence-electron chi connectivity index (χ1n) is 11.4. The lowest BCUT2D eigenvalue weighted by atomic mass is 9.84. The van der Waals surface area contributed by atoms with E-state index in [0.717, 1.165) is 70.0 Å². The fourth-order valence-electron chi connectivity index (χ4n) is 5.30. The minimum atomic E-state index is -0.653. The van der Waals surface area contributed by atoms with Crippen LogP contribution in [0.2, 0.25) is 0 Å². The smallest absolute Gasteiger partial charge is 0.323 e. The number of carbonyl (C=O) groups is 2. The van der Waals surface area contributed by atoms with Crippen LogP contribution >= 0.6 is 11.3 Å². The number of urea groups is 1. The molecule has 0 unspecified atom stereocenters. The Labute approximate surface area is 181 Å². The van der Waals surface area contributed by atoms with Crippen LogP contribution in [0.4, 0.5) is 4.79 Å². The van der Waals surface area contributed by atoms with Gasteiger partial charge in [0, 0.05) is 12.5 Å². The average Bonchev–Trinajstić information content (AvgIpc) is 3.27. The number of amides is 3. The number of hydrogen-bond donors (Lipinski definition) is 1. The second-order valence-corrected chi connectivity index (χ2v) is 10.2. The molecule has 1 spiro atoms. The second kappa shape index (κ2) is 8.27. The molecular weight excluding hydrogens is 396 g/mol. The third kappa shape index (κ3) is 3.73. The summed E-state index contributed by atoms with van der Waals surface area (Å²) < 4.78 is 1.23. The largest absolute Gasteiger partial charge is 0.326 e. The molecule has 1 aromatic heterocycles. The Hall–Kier alpha value is -1.99. The van der Waals surface area contributed by atoms with Crippen LogP contribution in [0.15, 0.2) is 24.3 Å². The Balaban J connectivity index is 1.28. The standard InChI is InChI=1S/C23H30N4O2S/c28-21-23(12-6-2-1-3-7-13-23)25-22(29)27(21)16-26-14-8-9-17(15-26)20-24-18-10-4-5-11-19(18)30-20/h4-5,10-11,17H,1-3,6-9,12-16H2,(H,25,29)/t17-/m1/s1. The van der Waals surface area contributed by atoms with E-state index in [1.54, 1.807) is 11.3 Å². The minimum absolute atomic E-state index is 0.00323. The van der Waals surface area contributed by atoms with E-state index >= 15 is 0 Å². The first-order valence-corrected chi connectivity index (χ1v) is 12.2. The number of nitrogens with zero attached hydrogens (tertiary/aromatic N) is 3. The second-order valence-electron chi connectivity index (χ2n) is 9.09. The van der Waals surface area contributed by atoms with Crippen molar-refractivity contribution in [2.75, 3.05) is 19.8 Å². The van der Waals surface area contributed by atoms with Crippen LogP contribution in [-0.4, -0.2) is 52.0 Å². The van der Waals surface area contributed by atoms with E-state index in [1.807, 2.05) is 6.07 Å². The summed E-state index contributed by atoms with van der Waals surface area (Å²) in [6, 6.07) is 8.07. The summed E-state index contributed by atoms with van der Waals surface area (Å²) in [5.74, 6) is 0.365. The van der Waals surface area contributed by atoms with Gasteiger partial charge in [0.1, 0.15) is 5.54 Å². The van der Waals surface area contributed by atoms with E-state index in [1.165, 1.54) is 21.0 Å². The Morgan fingerprint density at radius 1 is 1.07 bits per heavy atom. The van der Waals surface area contributed by atoms with E-state index in [9.17, 15) is 9.59 Å². The summed E-state index contributed by atoms with van der Waals surface area (Å²) in [7, 11) is 0. The lowest BCUT2D eigenvalue weighted by molar-refractivity contribution is -0.133. The number of thiazole rings is 1. The molecule has 1 N–H and O–H groups in total. The number of likely N-dealkylation sites (tertiary alicyclic amines) is 1. The molecule has 0 bridgehead atoms. The first kappa shape index (κ1) is 19.9. The van der Waals surface area contributed by atoms with Gasteiger partial charge in [0.15, 0.2) is 0 Å². The van der Waals surface area contributed by atoms with Crippen LogP contribution in [0, 0.1) is 0 Å². The van der Waals surface area contributed by atoms with Crippen molar-refractivity contribution in [1.82, 2.24) is 20.1 Å². The highest BCUT2D eigenvalue weighted by Crippen LogP contribution is 2.35. The van der Waals surface area contributed by atoms with Crippen molar-refractivity contribution < 1.29 is 9.59 Å². The number of piperidine rings is 1. The fraction of sp³-hybridized carbons (Fsp3) is 0.609. The lowest BCUT2D eigenvalue weighted by Crippen LogP contribution is -2.49. The van der Waals surface area contributed by atoms with Gasteiger partial charge in [-0.05, 0) is 44.4 Å². The predicted molar refractivity (Wildman–Crippen MR) is 118 cm³/mol. The predicted octanol–water partition coefficient (Wildman–Crippen LogP) is 4.47. The SMILES string of the molecule is O=C1NC2(CCCCCCC2)C(=O)N1CN1CCC[C@@H](c2nc3ccccc3s2)C1. The summed E-state index contributed by atoms with van der Waals surface area (Å²) in [5.41, 5.74) is 0.412. The number of aromatic nitrogens is 1. The zero-order valence-corrected chi connectivity index (χ0v) is 18.3. The average molecular weight is 427 g/mol. The molecule has 3 amide bonds. The molecule has 0 radical (unpaired) electrons. The number of rotatable bonds is 3. The molecule has 7 heteroatoms. The third-order valence-electron chi connectivity index (χ3n) is 6.96. The van der Waals surface area contributed by atoms with E-state index in [0.29, 0.717) is 12.6 Å². The van der Waals surface area contributed by atoms with E-state index in [-0.39, 0.29) is 11.9 Å². The summed E-state index contributed by atoms with van der Waals surface area (Å²) >= 11 is 1.77. The van der Waals surface area contributed by atoms with Crippen molar-refractivity contribution in [3.8, 4) is 0 Å². The summed E-state index contributed by atoms with van der Waals surface area (Å²) in [6.07, 6.45) is 9.32. The van der Waals surface area contributed by atoms with Gasteiger partial charge in [-0.1, -0.05) is 44.2 Å². The number of carbonyl (C=O) groups excluding carboxylic acids is 2. The number of imide groups is 1. The maximum absolute atomic E-state index is 13.3. The van der Waals surface area contributed by atoms with E-state index in [4.69, 9.17) is 4.98 Å². The molecule has 160 valence electrons. The van der Waals surface area contributed by atoms with Crippen LogP contribution in [-0.2, 0) is 4.79 Å². The molecule has 2 aromatic rings. The maximum Gasteiger partial charge on any atom is 0.326 e. The topological polar surface area (TPSA) is 65.5 Å². The van der Waals surface area contributed by atoms with Crippen molar-refractivity contribution in [2.45, 2.75) is 69.2 Å². The summed E-state index contributed by atoms with van der Waals surface area (Å²) in [4.78, 5) is 34.7. The molecule has 2 saturated heterocycles. The highest BCUT2D eigenvalue weighted by atomic mass is 32.1. The van der Waals surface area contributed by atoms with Crippen LogP contribution in [0.1, 0.15) is 68.7 Å². The number of hydrogen-bond acceptors (Lipinski definition) is 5. The summed E-state index contributed by atoms with van der Waals surface area (Å²) in [5, 5.41) is 4.26. The van der Waals surface area contributed by atoms with Crippen LogP contribution in [0.3, 0.4) is 0 Å². The maximum atomic E-state index is 13.3. The van der Waals surface area contributed by atoms with Crippen molar-refractivity contribution in [3.63, 3.8) is 0 Å². The van der Waals surface area contributed by atoms with Gasteiger partial charge in [-0.25, -0.2) is 14.7 Å². The quantitative estimate of drug-likeness (QED) is 0.736. The van der Waals surface area contributed by atoms with Crippen molar-refractivity contribution in [2.24, 2.45) is 0 Å². The van der Waals surface area contributed by atoms with Crippen molar-refractivity contribution in [1.29, 1.82) is 0 Å². The molecule has 5 rings (SSSR count). The monoisotopic (exact) mass is 426 g/mol. The van der Waals surface area contributed by atoms with Crippen LogP contribution in [0.25, 0.3) is 10.2 Å². The molecule has 1 atom stereocenters. The van der Waals surface area contributed by atoms with Crippen LogP contribution in [0.5, 0.6) is 0 Å². The molecule has 1 aliphatic carbocycles. The third-order valence-corrected chi connectivity index (χ3v) is 8.16. The van der Waals surface area contributed by atoms with Crippen molar-refractivity contribution in [3.05, 3.63) is 29.3 Å². The summed E-state index contributed by atoms with van der Waals surface area (Å²) in [6.45, 7) is 2.17. The Morgan fingerprint density at radius 2 is 1.83 bits per heavy atom. The lowest BCUT2D eigenvalue weighted by Gasteiger charge is -2.34. The van der Waals surface area contributed by atoms with Gasteiger partial charge >= 0.3 is 6.03 Å². The van der Waals surface area contributed by atoms with E-state index in [2.05, 4.69) is 28.4 Å². The van der Waals surface area contributed by atoms with Gasteiger partial charge in [0.25, 0.3) is 5.91 Å². The number of para-hydroxylation sites is 1. The minimum Gasteiger partial charge on any atom is -0.323 e. The number of fused-ring (bicyclic) bond motifs is 1. The van der Waals surface area contributed by atoms with Gasteiger partial charge in [-0.2, -0.15) is 0 Å². The normalized spacial score (nSPS) is 25.5. The van der Waals surface area contributed by atoms with Gasteiger partial charge in [0.05, 0.1) is 21.9 Å². The molecule has 3 aliphatic rings. The number of nitrogens with one attached hydrogen (secondary N) is 1. The number of benzene rings is 1. The van der Waals surface area contributed by atoms with E-state index < -0.39 is 5.54 Å². The molecular formula is C23H30N4O2S. The zero-order valence-electron chi connectivity index (χ0n) is 17.4. The molecule has 1 saturated carbocycles. The molecule has 3 fully saturated rings. The Kier molecular flexibility index (Phi) is 5.50. The van der Waals surface area contributed by atoms with Crippen LogP contribution < -0.4 is 5.32 Å². The van der Waals surface area contributed by atoms with Gasteiger partial charge < -0.3 is 5.32 Å². The molecule has 3 heterocycles. The molecule has 2 aliphatic heterocycles. The molecule has 6 nitrogen and oxygen atoms in total.